The topological polar surface area (TPSA) is 86.3 Å². The van der Waals surface area contributed by atoms with Gasteiger partial charge in [-0.05, 0) is 38.7 Å². The molecular weight excluding hydrogens is 282 g/mol. The lowest BCUT2D eigenvalue weighted by atomic mass is 9.87. The summed E-state index contributed by atoms with van der Waals surface area (Å²) in [4.78, 5) is 25.4. The van der Waals surface area contributed by atoms with Crippen LogP contribution in [0, 0.1) is 0 Å². The molecule has 2 N–H and O–H groups in total. The van der Waals surface area contributed by atoms with Crippen molar-refractivity contribution in [2.75, 3.05) is 0 Å². The number of nitrogens with zero attached hydrogens (tertiary/aromatic N) is 2. The molecule has 1 atom stereocenters. The van der Waals surface area contributed by atoms with Crippen LogP contribution in [0.2, 0.25) is 0 Å². The predicted molar refractivity (Wildman–Crippen MR) is 80.7 cm³/mol. The molecule has 0 aliphatic heterocycles. The molecule has 0 aromatic carbocycles. The zero-order valence-electron chi connectivity index (χ0n) is 12.9. The van der Waals surface area contributed by atoms with Crippen molar-refractivity contribution < 1.29 is 14.7 Å². The second-order valence-corrected chi connectivity index (χ2v) is 6.50. The summed E-state index contributed by atoms with van der Waals surface area (Å²) in [6, 6.07) is 1.06. The molecule has 0 radical (unpaired) electrons. The van der Waals surface area contributed by atoms with Crippen LogP contribution in [0.25, 0.3) is 0 Å². The van der Waals surface area contributed by atoms with Gasteiger partial charge in [-0.1, -0.05) is 19.3 Å². The molecule has 2 aliphatic carbocycles. The Kier molecular flexibility index (Phi) is 4.18. The van der Waals surface area contributed by atoms with Crippen molar-refractivity contribution in [3.63, 3.8) is 0 Å². The molecule has 6 nitrogen and oxygen atoms in total. The Balaban J connectivity index is 1.76. The minimum Gasteiger partial charge on any atom is -0.480 e. The SMILES string of the molecule is CC(C(=O)O)N(C(=O)c1cc(C2CCCCC2)[nH]n1)C1CC1. The molecule has 1 unspecified atom stereocenters. The van der Waals surface area contributed by atoms with Crippen LogP contribution in [0.4, 0.5) is 0 Å². The average Bonchev–Trinajstić information content (AvgIpc) is 3.23. The van der Waals surface area contributed by atoms with E-state index in [1.54, 1.807) is 6.92 Å². The number of aliphatic carboxylic acids is 1. The van der Waals surface area contributed by atoms with Gasteiger partial charge in [-0.3, -0.25) is 9.89 Å². The molecular formula is C16H23N3O3. The highest BCUT2D eigenvalue weighted by Crippen LogP contribution is 2.33. The summed E-state index contributed by atoms with van der Waals surface area (Å²) in [7, 11) is 0. The van der Waals surface area contributed by atoms with E-state index in [0.717, 1.165) is 31.4 Å². The Hall–Kier alpha value is -1.85. The second kappa shape index (κ2) is 6.10. The molecule has 3 rings (SSSR count). The maximum atomic E-state index is 12.6. The summed E-state index contributed by atoms with van der Waals surface area (Å²) in [5.74, 6) is -0.784. The van der Waals surface area contributed by atoms with Crippen LogP contribution in [0.5, 0.6) is 0 Å². The number of amides is 1. The van der Waals surface area contributed by atoms with Crippen LogP contribution in [-0.4, -0.2) is 44.2 Å². The van der Waals surface area contributed by atoms with Gasteiger partial charge in [-0.25, -0.2) is 4.79 Å². The molecule has 0 bridgehead atoms. The molecule has 6 heteroatoms. The Morgan fingerprint density at radius 2 is 1.95 bits per heavy atom. The lowest BCUT2D eigenvalue weighted by Crippen LogP contribution is -2.44. The lowest BCUT2D eigenvalue weighted by molar-refractivity contribution is -0.141. The minimum absolute atomic E-state index is 0.0495. The third-order valence-electron chi connectivity index (χ3n) is 4.81. The molecule has 1 aromatic heterocycles. The number of hydrogen-bond acceptors (Lipinski definition) is 3. The summed E-state index contributed by atoms with van der Waals surface area (Å²) in [6.07, 6.45) is 7.74. The molecule has 2 fully saturated rings. The number of aromatic amines is 1. The zero-order valence-corrected chi connectivity index (χ0v) is 12.9. The lowest BCUT2D eigenvalue weighted by Gasteiger charge is -2.25. The van der Waals surface area contributed by atoms with Crippen molar-refractivity contribution >= 4 is 11.9 Å². The fourth-order valence-corrected chi connectivity index (χ4v) is 3.33. The molecule has 1 amide bonds. The fraction of sp³-hybridized carbons (Fsp3) is 0.688. The number of aromatic nitrogens is 2. The average molecular weight is 305 g/mol. The number of carbonyl (C=O) groups is 2. The molecule has 1 heterocycles. The van der Waals surface area contributed by atoms with E-state index in [1.807, 2.05) is 6.07 Å². The highest BCUT2D eigenvalue weighted by Gasteiger charge is 2.39. The minimum atomic E-state index is -0.969. The maximum absolute atomic E-state index is 12.6. The number of rotatable bonds is 5. The molecule has 22 heavy (non-hydrogen) atoms. The molecule has 120 valence electrons. The Morgan fingerprint density at radius 3 is 2.55 bits per heavy atom. The van der Waals surface area contributed by atoms with Gasteiger partial charge >= 0.3 is 5.97 Å². The van der Waals surface area contributed by atoms with E-state index in [1.165, 1.54) is 24.2 Å². The summed E-state index contributed by atoms with van der Waals surface area (Å²) >= 11 is 0. The number of carboxylic acids is 1. The molecule has 1 aromatic rings. The van der Waals surface area contributed by atoms with Crippen LogP contribution >= 0.6 is 0 Å². The van der Waals surface area contributed by atoms with Crippen molar-refractivity contribution in [2.45, 2.75) is 69.9 Å². The fourth-order valence-electron chi connectivity index (χ4n) is 3.33. The van der Waals surface area contributed by atoms with Gasteiger partial charge in [0.1, 0.15) is 11.7 Å². The number of carboxylic acid groups (broad SMARTS) is 1. The van der Waals surface area contributed by atoms with Gasteiger partial charge in [0.05, 0.1) is 0 Å². The van der Waals surface area contributed by atoms with Crippen LogP contribution in [0.15, 0.2) is 6.07 Å². The van der Waals surface area contributed by atoms with E-state index in [2.05, 4.69) is 10.2 Å². The van der Waals surface area contributed by atoms with Crippen molar-refractivity contribution in [3.05, 3.63) is 17.5 Å². The highest BCUT2D eigenvalue weighted by atomic mass is 16.4. The predicted octanol–water partition coefficient (Wildman–Crippen LogP) is 2.54. The molecule has 0 spiro atoms. The van der Waals surface area contributed by atoms with Crippen molar-refractivity contribution in [1.82, 2.24) is 15.1 Å². The van der Waals surface area contributed by atoms with E-state index >= 15 is 0 Å². The third-order valence-corrected chi connectivity index (χ3v) is 4.81. The van der Waals surface area contributed by atoms with E-state index in [0.29, 0.717) is 11.6 Å². The first-order valence-electron chi connectivity index (χ1n) is 8.18. The second-order valence-electron chi connectivity index (χ2n) is 6.50. The Morgan fingerprint density at radius 1 is 1.27 bits per heavy atom. The molecule has 0 saturated heterocycles. The van der Waals surface area contributed by atoms with E-state index in [4.69, 9.17) is 0 Å². The maximum Gasteiger partial charge on any atom is 0.326 e. The van der Waals surface area contributed by atoms with Gasteiger partial charge in [-0.15, -0.1) is 0 Å². The van der Waals surface area contributed by atoms with Gasteiger partial charge in [0, 0.05) is 17.7 Å². The largest absolute Gasteiger partial charge is 0.480 e. The Bertz CT molecular complexity index is 559. The van der Waals surface area contributed by atoms with Crippen LogP contribution < -0.4 is 0 Å². The highest BCUT2D eigenvalue weighted by molar-refractivity contribution is 5.95. The van der Waals surface area contributed by atoms with E-state index in [-0.39, 0.29) is 11.9 Å². The van der Waals surface area contributed by atoms with Crippen LogP contribution in [0.1, 0.15) is 74.0 Å². The third kappa shape index (κ3) is 3.00. The normalized spacial score (nSPS) is 20.6. The number of hydrogen-bond donors (Lipinski definition) is 2. The van der Waals surface area contributed by atoms with Gasteiger partial charge in [0.2, 0.25) is 0 Å². The quantitative estimate of drug-likeness (QED) is 0.875. The van der Waals surface area contributed by atoms with Crippen LogP contribution in [-0.2, 0) is 4.79 Å². The first-order chi connectivity index (χ1) is 10.6. The number of H-pyrrole nitrogens is 1. The summed E-state index contributed by atoms with van der Waals surface area (Å²) in [6.45, 7) is 1.56. The standard InChI is InChI=1S/C16H23N3O3/c1-10(16(21)22)19(12-7-8-12)15(20)14-9-13(17-18-14)11-5-3-2-4-6-11/h9-12H,2-8H2,1H3,(H,17,18)(H,21,22). The zero-order chi connectivity index (χ0) is 15.7. The van der Waals surface area contributed by atoms with Gasteiger partial charge < -0.3 is 10.0 Å². The molecule has 2 saturated carbocycles. The summed E-state index contributed by atoms with van der Waals surface area (Å²) < 4.78 is 0. The molecule has 2 aliphatic rings. The van der Waals surface area contributed by atoms with Crippen molar-refractivity contribution in [2.24, 2.45) is 0 Å². The number of nitrogens with one attached hydrogen (secondary N) is 1. The van der Waals surface area contributed by atoms with Crippen molar-refractivity contribution in [3.8, 4) is 0 Å². The van der Waals surface area contributed by atoms with Gasteiger partial charge in [0.15, 0.2) is 0 Å². The first-order valence-corrected chi connectivity index (χ1v) is 8.18. The Labute approximate surface area is 129 Å². The smallest absolute Gasteiger partial charge is 0.326 e. The van der Waals surface area contributed by atoms with Crippen LogP contribution in [0.3, 0.4) is 0 Å². The van der Waals surface area contributed by atoms with Gasteiger partial charge in [-0.2, -0.15) is 5.10 Å². The summed E-state index contributed by atoms with van der Waals surface area (Å²) in [5, 5.41) is 16.4. The monoisotopic (exact) mass is 305 g/mol. The van der Waals surface area contributed by atoms with Gasteiger partial charge in [0.25, 0.3) is 5.91 Å². The van der Waals surface area contributed by atoms with E-state index in [9.17, 15) is 14.7 Å². The summed E-state index contributed by atoms with van der Waals surface area (Å²) in [5.41, 5.74) is 1.36. The van der Waals surface area contributed by atoms with Crippen molar-refractivity contribution in [1.29, 1.82) is 0 Å². The first kappa shape index (κ1) is 15.1. The van der Waals surface area contributed by atoms with E-state index < -0.39 is 12.0 Å². The number of carbonyl (C=O) groups excluding carboxylic acids is 1.